The van der Waals surface area contributed by atoms with Crippen LogP contribution in [0.4, 0.5) is 0 Å². The Morgan fingerprint density at radius 1 is 1.35 bits per heavy atom. The molecule has 2 saturated heterocycles. The van der Waals surface area contributed by atoms with Crippen molar-refractivity contribution in [2.24, 2.45) is 0 Å². The minimum Gasteiger partial charge on any atom is -0.394 e. The predicted octanol–water partition coefficient (Wildman–Crippen LogP) is 0.751. The molecule has 2 aliphatic heterocycles. The summed E-state index contributed by atoms with van der Waals surface area (Å²) in [4.78, 5) is 9.98. The molecule has 0 aromatic carbocycles. The summed E-state index contributed by atoms with van der Waals surface area (Å²) in [6.45, 7) is 6.81. The second-order valence-corrected chi connectivity index (χ2v) is 7.39. The van der Waals surface area contributed by atoms with Crippen molar-refractivity contribution in [3.05, 3.63) is 12.7 Å². The predicted molar refractivity (Wildman–Crippen MR) is 80.8 cm³/mol. The van der Waals surface area contributed by atoms with Crippen LogP contribution in [-0.2, 0) is 23.1 Å². The quantitative estimate of drug-likeness (QED) is 0.454. The van der Waals surface area contributed by atoms with Gasteiger partial charge < -0.3 is 24.6 Å². The van der Waals surface area contributed by atoms with Gasteiger partial charge in [0.15, 0.2) is 0 Å². The van der Waals surface area contributed by atoms with Crippen molar-refractivity contribution < 1.29 is 38.2 Å². The highest BCUT2D eigenvalue weighted by molar-refractivity contribution is 7.47. The van der Waals surface area contributed by atoms with E-state index < -0.39 is 38.3 Å². The fourth-order valence-electron chi connectivity index (χ4n) is 2.96. The van der Waals surface area contributed by atoms with Gasteiger partial charge in [0, 0.05) is 12.8 Å². The van der Waals surface area contributed by atoms with E-state index in [1.54, 1.807) is 13.8 Å². The Labute approximate surface area is 135 Å². The van der Waals surface area contributed by atoms with Crippen molar-refractivity contribution in [1.29, 1.82) is 0 Å². The van der Waals surface area contributed by atoms with E-state index in [2.05, 4.69) is 6.58 Å². The zero-order valence-corrected chi connectivity index (χ0v) is 14.2. The molecule has 2 heterocycles. The van der Waals surface area contributed by atoms with Gasteiger partial charge in [0.2, 0.25) is 0 Å². The van der Waals surface area contributed by atoms with E-state index in [-0.39, 0.29) is 18.8 Å². The highest BCUT2D eigenvalue weighted by Gasteiger charge is 2.43. The van der Waals surface area contributed by atoms with Crippen molar-refractivity contribution in [1.82, 2.24) is 0 Å². The average molecular weight is 352 g/mol. The Bertz CT molecular complexity index is 458. The number of ether oxygens (including phenoxy) is 2. The van der Waals surface area contributed by atoms with Gasteiger partial charge in [0.1, 0.15) is 24.4 Å². The van der Waals surface area contributed by atoms with Gasteiger partial charge in [-0.05, 0) is 13.8 Å². The molecular weight excluding hydrogens is 327 g/mol. The third kappa shape index (κ3) is 4.84. The van der Waals surface area contributed by atoms with Crippen molar-refractivity contribution in [3.8, 4) is 0 Å². The first kappa shape index (κ1) is 19.0. The molecule has 0 saturated carbocycles. The molecule has 0 aromatic rings. The van der Waals surface area contributed by atoms with Gasteiger partial charge in [-0.1, -0.05) is 6.08 Å². The van der Waals surface area contributed by atoms with Crippen LogP contribution in [0.3, 0.4) is 0 Å². The van der Waals surface area contributed by atoms with E-state index >= 15 is 0 Å². The van der Waals surface area contributed by atoms with Crippen molar-refractivity contribution in [3.63, 3.8) is 0 Å². The van der Waals surface area contributed by atoms with Crippen LogP contribution in [0.1, 0.15) is 26.7 Å². The first-order valence-electron chi connectivity index (χ1n) is 7.67. The lowest BCUT2D eigenvalue weighted by atomic mass is 10.1. The maximum absolute atomic E-state index is 12.2. The summed E-state index contributed by atoms with van der Waals surface area (Å²) in [5.41, 5.74) is 0. The Morgan fingerprint density at radius 2 is 2.00 bits per heavy atom. The van der Waals surface area contributed by atoms with Crippen LogP contribution < -0.4 is 0 Å². The lowest BCUT2D eigenvalue weighted by Crippen LogP contribution is -2.35. The number of phosphoric acid groups is 1. The largest absolute Gasteiger partial charge is 0.473 e. The molecule has 9 heteroatoms. The molecule has 134 valence electrons. The Morgan fingerprint density at radius 3 is 2.52 bits per heavy atom. The molecule has 0 spiro atoms. The second kappa shape index (κ2) is 7.72. The molecule has 23 heavy (non-hydrogen) atoms. The highest BCUT2D eigenvalue weighted by Crippen LogP contribution is 2.49. The first-order chi connectivity index (χ1) is 10.8. The fraction of sp³-hybridized carbons (Fsp3) is 0.857. The molecule has 0 amide bonds. The third-order valence-electron chi connectivity index (χ3n) is 3.99. The lowest BCUT2D eigenvalue weighted by Gasteiger charge is -2.26. The summed E-state index contributed by atoms with van der Waals surface area (Å²) in [6.07, 6.45) is -2.28. The summed E-state index contributed by atoms with van der Waals surface area (Å²) in [6, 6.07) is 0. The summed E-state index contributed by atoms with van der Waals surface area (Å²) in [5.74, 6) is 0. The monoisotopic (exact) mass is 352 g/mol. The number of hydrogen-bond donors (Lipinski definition) is 3. The van der Waals surface area contributed by atoms with Crippen molar-refractivity contribution in [2.45, 2.75) is 69.4 Å². The molecule has 0 radical (unpaired) electrons. The van der Waals surface area contributed by atoms with E-state index in [4.69, 9.17) is 18.5 Å². The molecule has 0 bridgehead atoms. The first-order valence-corrected chi connectivity index (χ1v) is 9.17. The molecule has 8 atom stereocenters. The highest BCUT2D eigenvalue weighted by atomic mass is 31.2. The van der Waals surface area contributed by atoms with Gasteiger partial charge in [-0.15, -0.1) is 6.58 Å². The van der Waals surface area contributed by atoms with Gasteiger partial charge >= 0.3 is 7.82 Å². The van der Waals surface area contributed by atoms with Crippen LogP contribution >= 0.6 is 7.82 Å². The number of hydrogen-bond acceptors (Lipinski definition) is 7. The normalized spacial score (nSPS) is 41.6. The van der Waals surface area contributed by atoms with Gasteiger partial charge in [0.25, 0.3) is 0 Å². The van der Waals surface area contributed by atoms with Gasteiger partial charge in [-0.25, -0.2) is 4.57 Å². The molecule has 3 N–H and O–H groups in total. The van der Waals surface area contributed by atoms with E-state index in [0.29, 0.717) is 12.8 Å². The van der Waals surface area contributed by atoms with Crippen LogP contribution in [0.25, 0.3) is 0 Å². The van der Waals surface area contributed by atoms with E-state index in [1.165, 1.54) is 6.08 Å². The topological polar surface area (TPSA) is 115 Å². The molecule has 2 aliphatic rings. The van der Waals surface area contributed by atoms with Gasteiger partial charge in [0.05, 0.1) is 24.9 Å². The van der Waals surface area contributed by atoms with Crippen LogP contribution in [-0.4, -0.2) is 64.4 Å². The molecule has 2 fully saturated rings. The average Bonchev–Trinajstić information content (AvgIpc) is 2.97. The standard InChI is InChI=1S/C14H25O8P/c1-4-11(14-10(16)5-8(2)20-14)21-23(17,18)22-12-6-9(3)19-13(12)7-15/h4,8-16H,1,5-7H2,2-3H3,(H,17,18)/t8-,9-,10?,11-,12?,13+,14-/m0/s1. The number of aliphatic hydroxyl groups is 2. The smallest absolute Gasteiger partial charge is 0.394 e. The van der Waals surface area contributed by atoms with E-state index in [1.807, 2.05) is 0 Å². The van der Waals surface area contributed by atoms with Crippen LogP contribution in [0.2, 0.25) is 0 Å². The van der Waals surface area contributed by atoms with Crippen LogP contribution in [0.15, 0.2) is 12.7 Å². The minimum atomic E-state index is -4.44. The summed E-state index contributed by atoms with van der Waals surface area (Å²) >= 11 is 0. The van der Waals surface area contributed by atoms with E-state index in [0.717, 1.165) is 0 Å². The summed E-state index contributed by atoms with van der Waals surface area (Å²) < 4.78 is 33.4. The maximum Gasteiger partial charge on any atom is 0.473 e. The molecule has 3 unspecified atom stereocenters. The van der Waals surface area contributed by atoms with Crippen LogP contribution in [0, 0.1) is 0 Å². The number of phosphoric ester groups is 1. The van der Waals surface area contributed by atoms with Crippen LogP contribution in [0.5, 0.6) is 0 Å². The van der Waals surface area contributed by atoms with Gasteiger partial charge in [-0.2, -0.15) is 0 Å². The van der Waals surface area contributed by atoms with Crippen molar-refractivity contribution >= 4 is 7.82 Å². The number of rotatable bonds is 7. The molecule has 0 aliphatic carbocycles. The molecule has 0 aromatic heterocycles. The minimum absolute atomic E-state index is 0.178. The SMILES string of the molecule is C=C[C@H](OP(=O)(O)OC1C[C@H](C)O[C@@H]1CO)[C@H]1O[C@@H](C)CC1O. The zero-order valence-electron chi connectivity index (χ0n) is 13.3. The fourth-order valence-corrected chi connectivity index (χ4v) is 4.09. The number of aliphatic hydroxyl groups excluding tert-OH is 2. The summed E-state index contributed by atoms with van der Waals surface area (Å²) in [7, 11) is -4.44. The zero-order chi connectivity index (χ0) is 17.2. The molecular formula is C14H25O8P. The maximum atomic E-state index is 12.2. The molecule has 8 nitrogen and oxygen atoms in total. The second-order valence-electron chi connectivity index (χ2n) is 6.04. The Hall–Kier alpha value is -0.310. The molecule has 2 rings (SSSR count). The Balaban J connectivity index is 1.98. The third-order valence-corrected chi connectivity index (χ3v) is 5.03. The Kier molecular flexibility index (Phi) is 6.38. The lowest BCUT2D eigenvalue weighted by molar-refractivity contribution is -0.0540. The summed E-state index contributed by atoms with van der Waals surface area (Å²) in [5, 5.41) is 19.2. The van der Waals surface area contributed by atoms with Crippen molar-refractivity contribution in [2.75, 3.05) is 6.61 Å². The van der Waals surface area contributed by atoms with Gasteiger partial charge in [-0.3, -0.25) is 9.05 Å². The van der Waals surface area contributed by atoms with E-state index in [9.17, 15) is 19.7 Å².